The van der Waals surface area contributed by atoms with Crippen molar-refractivity contribution in [2.24, 2.45) is 17.3 Å². The van der Waals surface area contributed by atoms with E-state index >= 15 is 0 Å². The smallest absolute Gasteiger partial charge is 0.230 e. The number of rotatable bonds is 3. The first-order valence-electron chi connectivity index (χ1n) is 9.81. The van der Waals surface area contributed by atoms with Crippen molar-refractivity contribution in [2.45, 2.75) is 32.5 Å². The molecule has 4 heterocycles. The number of sulfonamides is 1. The summed E-state index contributed by atoms with van der Waals surface area (Å²) in [5, 5.41) is 0. The van der Waals surface area contributed by atoms with Gasteiger partial charge in [0.25, 0.3) is 0 Å². The van der Waals surface area contributed by atoms with Crippen molar-refractivity contribution in [3.8, 4) is 0 Å². The van der Waals surface area contributed by atoms with Gasteiger partial charge in [0.2, 0.25) is 21.8 Å². The zero-order chi connectivity index (χ0) is 20.5. The molecule has 0 radical (unpaired) electrons. The van der Waals surface area contributed by atoms with Crippen LogP contribution in [0.15, 0.2) is 12.2 Å². The van der Waals surface area contributed by atoms with Gasteiger partial charge < -0.3 is 14.5 Å². The van der Waals surface area contributed by atoms with Crippen LogP contribution in [-0.4, -0.2) is 91.6 Å². The largest absolute Gasteiger partial charge is 0.360 e. The second-order valence-electron chi connectivity index (χ2n) is 9.64. The van der Waals surface area contributed by atoms with Crippen molar-refractivity contribution >= 4 is 21.8 Å². The summed E-state index contributed by atoms with van der Waals surface area (Å²) in [5.74, 6) is -1.10. The van der Waals surface area contributed by atoms with Gasteiger partial charge in [-0.2, -0.15) is 4.31 Å². The molecule has 4 aliphatic rings. The van der Waals surface area contributed by atoms with E-state index in [1.54, 1.807) is 4.90 Å². The molecule has 4 atom stereocenters. The third kappa shape index (κ3) is 3.17. The summed E-state index contributed by atoms with van der Waals surface area (Å²) in [6.45, 7) is 8.65. The number of nitrogens with zero attached hydrogens (tertiary/aromatic N) is 3. The Morgan fingerprint density at radius 3 is 2.46 bits per heavy atom. The molecule has 2 amide bonds. The maximum Gasteiger partial charge on any atom is 0.230 e. The van der Waals surface area contributed by atoms with Gasteiger partial charge in [0.15, 0.2) is 0 Å². The lowest BCUT2D eigenvalue weighted by molar-refractivity contribution is -0.144. The summed E-state index contributed by atoms with van der Waals surface area (Å²) < 4.78 is 31.0. The van der Waals surface area contributed by atoms with E-state index in [0.717, 1.165) is 0 Å². The highest BCUT2D eigenvalue weighted by atomic mass is 32.2. The van der Waals surface area contributed by atoms with E-state index in [-0.39, 0.29) is 23.3 Å². The number of fused-ring (bicyclic) bond motifs is 1. The predicted molar refractivity (Wildman–Crippen MR) is 103 cm³/mol. The SMILES string of the molecule is CC(C)(C)CN1C[C@@]23C=C[C@@H](O2)C(C(=O)N2CCN(S(C)(=O)=O)CC2)C3C1=O. The van der Waals surface area contributed by atoms with E-state index in [0.29, 0.717) is 39.3 Å². The fraction of sp³-hybridized carbons (Fsp3) is 0.789. The highest BCUT2D eigenvalue weighted by molar-refractivity contribution is 7.88. The monoisotopic (exact) mass is 411 g/mol. The molecule has 0 saturated carbocycles. The Morgan fingerprint density at radius 1 is 1.25 bits per heavy atom. The molecule has 0 N–H and O–H groups in total. The zero-order valence-electron chi connectivity index (χ0n) is 16.9. The average molecular weight is 412 g/mol. The molecule has 1 spiro atoms. The van der Waals surface area contributed by atoms with Crippen LogP contribution in [0.5, 0.6) is 0 Å². The van der Waals surface area contributed by atoms with E-state index in [4.69, 9.17) is 4.74 Å². The van der Waals surface area contributed by atoms with Gasteiger partial charge in [-0.25, -0.2) is 8.42 Å². The van der Waals surface area contributed by atoms with Gasteiger partial charge in [-0.05, 0) is 5.41 Å². The quantitative estimate of drug-likeness (QED) is 0.606. The van der Waals surface area contributed by atoms with E-state index in [9.17, 15) is 18.0 Å². The molecule has 3 saturated heterocycles. The molecule has 2 bridgehead atoms. The van der Waals surface area contributed by atoms with E-state index in [1.807, 2.05) is 17.1 Å². The standard InChI is InChI=1S/C19H29N3O5S/c1-18(2,3)11-21-12-19-6-5-13(27-19)14(15(19)17(21)24)16(23)20-7-9-22(10-8-20)28(4,25)26/h5-6,13-15H,7-12H2,1-4H3/t13-,14?,15?,19-/m1/s1. The first-order chi connectivity index (χ1) is 12.9. The molecular formula is C19H29N3O5S. The fourth-order valence-corrected chi connectivity index (χ4v) is 5.84. The Hall–Kier alpha value is -1.45. The average Bonchev–Trinajstić information content (AvgIpc) is 3.21. The van der Waals surface area contributed by atoms with Gasteiger partial charge in [0, 0.05) is 32.7 Å². The number of carbonyl (C=O) groups excluding carboxylic acids is 2. The summed E-state index contributed by atoms with van der Waals surface area (Å²) in [6, 6.07) is 0. The van der Waals surface area contributed by atoms with Gasteiger partial charge in [-0.3, -0.25) is 9.59 Å². The van der Waals surface area contributed by atoms with Crippen molar-refractivity contribution < 1.29 is 22.7 Å². The highest BCUT2D eigenvalue weighted by Gasteiger charge is 2.67. The van der Waals surface area contributed by atoms with Crippen molar-refractivity contribution in [2.75, 3.05) is 45.5 Å². The lowest BCUT2D eigenvalue weighted by Crippen LogP contribution is -2.54. The molecule has 4 aliphatic heterocycles. The fourth-order valence-electron chi connectivity index (χ4n) is 5.02. The third-order valence-corrected chi connectivity index (χ3v) is 7.45. The Balaban J connectivity index is 1.51. The molecular weight excluding hydrogens is 382 g/mol. The van der Waals surface area contributed by atoms with Crippen LogP contribution in [0.2, 0.25) is 0 Å². The lowest BCUT2D eigenvalue weighted by atomic mass is 9.76. The minimum Gasteiger partial charge on any atom is -0.360 e. The summed E-state index contributed by atoms with van der Waals surface area (Å²) in [6.07, 6.45) is 4.70. The summed E-state index contributed by atoms with van der Waals surface area (Å²) in [5.41, 5.74) is -0.726. The number of carbonyl (C=O) groups is 2. The Morgan fingerprint density at radius 2 is 1.89 bits per heavy atom. The van der Waals surface area contributed by atoms with Crippen LogP contribution in [0.25, 0.3) is 0 Å². The Labute approximate surface area is 166 Å². The van der Waals surface area contributed by atoms with Crippen LogP contribution in [-0.2, 0) is 24.3 Å². The van der Waals surface area contributed by atoms with Gasteiger partial charge >= 0.3 is 0 Å². The topological polar surface area (TPSA) is 87.2 Å². The van der Waals surface area contributed by atoms with Crippen LogP contribution in [0.3, 0.4) is 0 Å². The van der Waals surface area contributed by atoms with Gasteiger partial charge in [0.1, 0.15) is 5.60 Å². The van der Waals surface area contributed by atoms with Crippen molar-refractivity contribution in [3.05, 3.63) is 12.2 Å². The predicted octanol–water partition coefficient (Wildman–Crippen LogP) is -0.0817. The van der Waals surface area contributed by atoms with Crippen molar-refractivity contribution in [1.82, 2.24) is 14.1 Å². The van der Waals surface area contributed by atoms with E-state index < -0.39 is 27.5 Å². The molecule has 0 aromatic carbocycles. The Bertz CT molecular complexity index is 825. The van der Waals surface area contributed by atoms with Crippen LogP contribution >= 0.6 is 0 Å². The second kappa shape index (κ2) is 6.27. The van der Waals surface area contributed by atoms with Crippen LogP contribution in [0, 0.1) is 17.3 Å². The molecule has 156 valence electrons. The summed E-state index contributed by atoms with van der Waals surface area (Å²) >= 11 is 0. The number of ether oxygens (including phenoxy) is 1. The molecule has 4 rings (SSSR count). The molecule has 9 heteroatoms. The summed E-state index contributed by atoms with van der Waals surface area (Å²) in [4.78, 5) is 30.0. The van der Waals surface area contributed by atoms with Gasteiger partial charge in [0.05, 0.1) is 30.7 Å². The van der Waals surface area contributed by atoms with Gasteiger partial charge in [-0.1, -0.05) is 32.9 Å². The van der Waals surface area contributed by atoms with Crippen LogP contribution < -0.4 is 0 Å². The Kier molecular flexibility index (Phi) is 4.45. The van der Waals surface area contributed by atoms with E-state index in [1.165, 1.54) is 10.6 Å². The normalized spacial score (nSPS) is 35.7. The van der Waals surface area contributed by atoms with Crippen molar-refractivity contribution in [1.29, 1.82) is 0 Å². The van der Waals surface area contributed by atoms with E-state index in [2.05, 4.69) is 20.8 Å². The van der Waals surface area contributed by atoms with Crippen LogP contribution in [0.4, 0.5) is 0 Å². The first-order valence-corrected chi connectivity index (χ1v) is 11.7. The number of hydrogen-bond donors (Lipinski definition) is 0. The zero-order valence-corrected chi connectivity index (χ0v) is 17.7. The molecule has 28 heavy (non-hydrogen) atoms. The molecule has 0 aliphatic carbocycles. The summed E-state index contributed by atoms with van der Waals surface area (Å²) in [7, 11) is -3.25. The second-order valence-corrected chi connectivity index (χ2v) is 11.6. The number of hydrogen-bond acceptors (Lipinski definition) is 5. The molecule has 0 aromatic heterocycles. The third-order valence-electron chi connectivity index (χ3n) is 6.15. The molecule has 2 unspecified atom stereocenters. The van der Waals surface area contributed by atoms with Crippen LogP contribution in [0.1, 0.15) is 20.8 Å². The van der Waals surface area contributed by atoms with Gasteiger partial charge in [-0.15, -0.1) is 0 Å². The minimum absolute atomic E-state index is 0.00473. The minimum atomic E-state index is -3.25. The van der Waals surface area contributed by atoms with Crippen molar-refractivity contribution in [3.63, 3.8) is 0 Å². The number of likely N-dealkylation sites (tertiary alicyclic amines) is 1. The maximum absolute atomic E-state index is 13.3. The maximum atomic E-state index is 13.3. The molecule has 8 nitrogen and oxygen atoms in total. The number of piperazine rings is 1. The molecule has 3 fully saturated rings. The lowest BCUT2D eigenvalue weighted by Gasteiger charge is -2.36. The highest BCUT2D eigenvalue weighted by Crippen LogP contribution is 2.52. The number of amides is 2. The molecule has 0 aromatic rings. The first kappa shape index (κ1) is 19.8.